The van der Waals surface area contributed by atoms with Gasteiger partial charge in [0.25, 0.3) is 0 Å². The molecule has 114 valence electrons. The first kappa shape index (κ1) is 15.8. The van der Waals surface area contributed by atoms with Crippen molar-refractivity contribution in [3.63, 3.8) is 0 Å². The van der Waals surface area contributed by atoms with Gasteiger partial charge in [-0.1, -0.05) is 23.7 Å². The minimum Gasteiger partial charge on any atom is -0.481 e. The highest BCUT2D eigenvalue weighted by Crippen LogP contribution is 2.20. The molecule has 0 aliphatic carbocycles. The molecule has 2 N–H and O–H groups in total. The fraction of sp³-hybridized carbons (Fsp3) is 0.429. The van der Waals surface area contributed by atoms with Crippen LogP contribution in [0.25, 0.3) is 0 Å². The van der Waals surface area contributed by atoms with Crippen molar-refractivity contribution in [1.29, 1.82) is 0 Å². The van der Waals surface area contributed by atoms with Crippen LogP contribution in [0.4, 0.5) is 5.69 Å². The van der Waals surface area contributed by atoms with Gasteiger partial charge in [0.2, 0.25) is 5.91 Å². The van der Waals surface area contributed by atoms with Crippen LogP contribution in [0, 0.1) is 0 Å². The van der Waals surface area contributed by atoms with Crippen molar-refractivity contribution in [2.24, 2.45) is 0 Å². The number of amides is 1. The van der Waals surface area contributed by atoms with Crippen molar-refractivity contribution in [1.82, 2.24) is 4.90 Å². The van der Waals surface area contributed by atoms with Crippen LogP contribution in [0.5, 0.6) is 0 Å². The summed E-state index contributed by atoms with van der Waals surface area (Å²) in [6, 6.07) is 6.69. The molecule has 1 amide bonds. The molecule has 1 saturated heterocycles. The molecule has 1 unspecified atom stereocenters. The standard InChI is InChI=1S/C14H17ClN2O4/c15-11-3-1-2-4-12(11)16-13(18)8-17-5-6-21-9-10(17)7-14(19)20/h1-4,10H,5-9H2,(H,16,18)(H,19,20). The molecule has 0 spiro atoms. The molecule has 0 bridgehead atoms. The molecule has 1 aromatic rings. The van der Waals surface area contributed by atoms with E-state index in [-0.39, 0.29) is 24.9 Å². The molecule has 1 aliphatic rings. The zero-order chi connectivity index (χ0) is 15.2. The van der Waals surface area contributed by atoms with Crippen LogP contribution in [0.1, 0.15) is 6.42 Å². The summed E-state index contributed by atoms with van der Waals surface area (Å²) in [5.74, 6) is -1.12. The van der Waals surface area contributed by atoms with E-state index >= 15 is 0 Å². The van der Waals surface area contributed by atoms with E-state index in [1.807, 2.05) is 4.90 Å². The number of nitrogens with zero attached hydrogens (tertiary/aromatic N) is 1. The largest absolute Gasteiger partial charge is 0.481 e. The zero-order valence-electron chi connectivity index (χ0n) is 11.4. The molecular formula is C14H17ClN2O4. The van der Waals surface area contributed by atoms with Gasteiger partial charge in [-0.25, -0.2) is 0 Å². The fourth-order valence-corrected chi connectivity index (χ4v) is 2.41. The number of anilines is 1. The van der Waals surface area contributed by atoms with Crippen LogP contribution in [-0.2, 0) is 14.3 Å². The molecule has 6 nitrogen and oxygen atoms in total. The second kappa shape index (κ2) is 7.40. The van der Waals surface area contributed by atoms with E-state index < -0.39 is 5.97 Å². The maximum absolute atomic E-state index is 12.1. The Morgan fingerprint density at radius 3 is 2.90 bits per heavy atom. The number of carbonyl (C=O) groups excluding carboxylic acids is 1. The first-order chi connectivity index (χ1) is 10.1. The quantitative estimate of drug-likeness (QED) is 0.860. The van der Waals surface area contributed by atoms with Crippen LogP contribution >= 0.6 is 11.6 Å². The number of aliphatic carboxylic acids is 1. The lowest BCUT2D eigenvalue weighted by atomic mass is 10.1. The lowest BCUT2D eigenvalue weighted by Gasteiger charge is -2.34. The van der Waals surface area contributed by atoms with Crippen LogP contribution < -0.4 is 5.32 Å². The van der Waals surface area contributed by atoms with Crippen molar-refractivity contribution in [2.45, 2.75) is 12.5 Å². The number of benzene rings is 1. The Hall–Kier alpha value is -1.63. The minimum atomic E-state index is -0.901. The number of morpholine rings is 1. The molecule has 0 saturated carbocycles. The maximum Gasteiger partial charge on any atom is 0.305 e. The second-order valence-corrected chi connectivity index (χ2v) is 5.23. The highest BCUT2D eigenvalue weighted by molar-refractivity contribution is 6.33. The second-order valence-electron chi connectivity index (χ2n) is 4.83. The number of carboxylic acid groups (broad SMARTS) is 1. The van der Waals surface area contributed by atoms with Gasteiger partial charge in [-0.3, -0.25) is 14.5 Å². The van der Waals surface area contributed by atoms with Crippen molar-refractivity contribution >= 4 is 29.2 Å². The molecular weight excluding hydrogens is 296 g/mol. The summed E-state index contributed by atoms with van der Waals surface area (Å²) in [6.07, 6.45) is -0.0423. The molecule has 2 rings (SSSR count). The number of hydrogen-bond donors (Lipinski definition) is 2. The summed E-state index contributed by atoms with van der Waals surface area (Å²) in [5.41, 5.74) is 0.548. The Bertz CT molecular complexity index is 523. The van der Waals surface area contributed by atoms with E-state index in [1.165, 1.54) is 0 Å². The molecule has 21 heavy (non-hydrogen) atoms. The summed E-state index contributed by atoms with van der Waals surface area (Å²) in [6.45, 7) is 1.47. The van der Waals surface area contributed by atoms with E-state index in [1.54, 1.807) is 24.3 Å². The third-order valence-electron chi connectivity index (χ3n) is 3.25. The predicted molar refractivity (Wildman–Crippen MR) is 78.5 cm³/mol. The fourth-order valence-electron chi connectivity index (χ4n) is 2.22. The molecule has 0 radical (unpaired) electrons. The van der Waals surface area contributed by atoms with Crippen molar-refractivity contribution in [3.8, 4) is 0 Å². The van der Waals surface area contributed by atoms with Gasteiger partial charge in [-0.2, -0.15) is 0 Å². The molecule has 1 fully saturated rings. The first-order valence-corrected chi connectivity index (χ1v) is 7.02. The summed E-state index contributed by atoms with van der Waals surface area (Å²) in [7, 11) is 0. The summed E-state index contributed by atoms with van der Waals surface area (Å²) < 4.78 is 5.27. The van der Waals surface area contributed by atoms with Crippen LogP contribution in [0.15, 0.2) is 24.3 Å². The maximum atomic E-state index is 12.1. The molecule has 1 aliphatic heterocycles. The molecule has 1 atom stereocenters. The van der Waals surface area contributed by atoms with Crippen molar-refractivity contribution in [3.05, 3.63) is 29.3 Å². The minimum absolute atomic E-state index is 0.0423. The molecule has 1 heterocycles. The highest BCUT2D eigenvalue weighted by Gasteiger charge is 2.26. The highest BCUT2D eigenvalue weighted by atomic mass is 35.5. The van der Waals surface area contributed by atoms with Gasteiger partial charge in [0, 0.05) is 12.6 Å². The number of carboxylic acids is 1. The Labute approximate surface area is 127 Å². The van der Waals surface area contributed by atoms with Gasteiger partial charge in [0.1, 0.15) is 0 Å². The third kappa shape index (κ3) is 4.70. The van der Waals surface area contributed by atoms with Crippen molar-refractivity contribution in [2.75, 3.05) is 31.6 Å². The van der Waals surface area contributed by atoms with E-state index in [9.17, 15) is 9.59 Å². The van der Waals surface area contributed by atoms with E-state index in [4.69, 9.17) is 21.4 Å². The monoisotopic (exact) mass is 312 g/mol. The van der Waals surface area contributed by atoms with Gasteiger partial charge in [0.15, 0.2) is 0 Å². The molecule has 0 aromatic heterocycles. The predicted octanol–water partition coefficient (Wildman–Crippen LogP) is 1.45. The van der Waals surface area contributed by atoms with Crippen LogP contribution in [-0.4, -0.2) is 54.2 Å². The number of carbonyl (C=O) groups is 2. The number of rotatable bonds is 5. The number of ether oxygens (including phenoxy) is 1. The molecule has 7 heteroatoms. The third-order valence-corrected chi connectivity index (χ3v) is 3.58. The lowest BCUT2D eigenvalue weighted by Crippen LogP contribution is -2.49. The smallest absolute Gasteiger partial charge is 0.305 e. The zero-order valence-corrected chi connectivity index (χ0v) is 12.2. The summed E-state index contributed by atoms with van der Waals surface area (Å²) >= 11 is 5.98. The Morgan fingerprint density at radius 1 is 1.43 bits per heavy atom. The van der Waals surface area contributed by atoms with E-state index in [0.29, 0.717) is 30.5 Å². The molecule has 1 aromatic carbocycles. The number of hydrogen-bond acceptors (Lipinski definition) is 4. The summed E-state index contributed by atoms with van der Waals surface area (Å²) in [4.78, 5) is 24.7. The first-order valence-electron chi connectivity index (χ1n) is 6.64. The van der Waals surface area contributed by atoms with E-state index in [2.05, 4.69) is 5.32 Å². The van der Waals surface area contributed by atoms with Crippen LogP contribution in [0.3, 0.4) is 0 Å². The SMILES string of the molecule is O=C(O)CC1COCCN1CC(=O)Nc1ccccc1Cl. The number of nitrogens with one attached hydrogen (secondary N) is 1. The van der Waals surface area contributed by atoms with Crippen LogP contribution in [0.2, 0.25) is 5.02 Å². The van der Waals surface area contributed by atoms with E-state index in [0.717, 1.165) is 0 Å². The lowest BCUT2D eigenvalue weighted by molar-refractivity contribution is -0.141. The average Bonchev–Trinajstić information content (AvgIpc) is 2.43. The van der Waals surface area contributed by atoms with Gasteiger partial charge < -0.3 is 15.2 Å². The van der Waals surface area contributed by atoms with Gasteiger partial charge in [-0.05, 0) is 12.1 Å². The van der Waals surface area contributed by atoms with Crippen molar-refractivity contribution < 1.29 is 19.4 Å². The normalized spacial score (nSPS) is 19.2. The Morgan fingerprint density at radius 2 is 2.19 bits per heavy atom. The Balaban J connectivity index is 1.94. The number of halogens is 1. The van der Waals surface area contributed by atoms with Gasteiger partial charge >= 0.3 is 5.97 Å². The topological polar surface area (TPSA) is 78.9 Å². The Kier molecular flexibility index (Phi) is 5.55. The summed E-state index contributed by atoms with van der Waals surface area (Å²) in [5, 5.41) is 12.1. The van der Waals surface area contributed by atoms with Gasteiger partial charge in [0.05, 0.1) is 36.9 Å². The number of para-hydroxylation sites is 1. The van der Waals surface area contributed by atoms with Gasteiger partial charge in [-0.15, -0.1) is 0 Å². The average molecular weight is 313 g/mol.